The summed E-state index contributed by atoms with van der Waals surface area (Å²) in [7, 11) is -0.325. The summed E-state index contributed by atoms with van der Waals surface area (Å²) >= 11 is 6.16. The van der Waals surface area contributed by atoms with Crippen LogP contribution in [0.15, 0.2) is 41.4 Å². The van der Waals surface area contributed by atoms with Gasteiger partial charge >= 0.3 is 0 Å². The second-order valence-electron chi connectivity index (χ2n) is 6.44. The average molecular weight is 412 g/mol. The predicted octanol–water partition coefficient (Wildman–Crippen LogP) is 1.97. The molecule has 2 heterocycles. The highest BCUT2D eigenvalue weighted by molar-refractivity contribution is 7.89. The van der Waals surface area contributed by atoms with Gasteiger partial charge in [0.1, 0.15) is 10.6 Å². The van der Waals surface area contributed by atoms with Crippen LogP contribution in [-0.4, -0.2) is 61.4 Å². The maximum atomic E-state index is 12.8. The highest BCUT2D eigenvalue weighted by atomic mass is 35.5. The van der Waals surface area contributed by atoms with E-state index in [4.69, 9.17) is 16.3 Å². The van der Waals surface area contributed by atoms with Gasteiger partial charge in [-0.1, -0.05) is 29.8 Å². The normalized spacial score (nSPS) is 15.7. The minimum Gasteiger partial charge on any atom is -0.379 e. The second-order valence-corrected chi connectivity index (χ2v) is 8.79. The third-order valence-electron chi connectivity index (χ3n) is 4.52. The number of sulfonamides is 1. The lowest BCUT2D eigenvalue weighted by atomic mass is 10.2. The molecule has 146 valence electrons. The van der Waals surface area contributed by atoms with Crippen LogP contribution in [0.1, 0.15) is 16.1 Å². The van der Waals surface area contributed by atoms with Crippen molar-refractivity contribution >= 4 is 27.5 Å². The van der Waals surface area contributed by atoms with Crippen molar-refractivity contribution < 1.29 is 17.9 Å². The van der Waals surface area contributed by atoms with Gasteiger partial charge in [0.15, 0.2) is 0 Å². The van der Waals surface area contributed by atoms with Gasteiger partial charge in [-0.3, -0.25) is 4.79 Å². The molecule has 1 aromatic heterocycles. The first-order valence-electron chi connectivity index (χ1n) is 8.54. The Bertz CT molecular complexity index is 936. The van der Waals surface area contributed by atoms with Gasteiger partial charge in [-0.15, -0.1) is 0 Å². The summed E-state index contributed by atoms with van der Waals surface area (Å²) < 4.78 is 33.7. The fraction of sp³-hybridized carbons (Fsp3) is 0.389. The number of hydrogen-bond donors (Lipinski definition) is 0. The van der Waals surface area contributed by atoms with E-state index in [1.807, 2.05) is 18.2 Å². The largest absolute Gasteiger partial charge is 0.379 e. The van der Waals surface area contributed by atoms with E-state index in [2.05, 4.69) is 0 Å². The van der Waals surface area contributed by atoms with E-state index in [-0.39, 0.29) is 10.8 Å². The molecule has 0 spiro atoms. The summed E-state index contributed by atoms with van der Waals surface area (Å²) in [6.45, 7) is 1.70. The molecule has 0 aliphatic carbocycles. The minimum atomic E-state index is -3.65. The van der Waals surface area contributed by atoms with Crippen LogP contribution in [0.5, 0.6) is 0 Å². The van der Waals surface area contributed by atoms with Crippen LogP contribution >= 0.6 is 11.6 Å². The van der Waals surface area contributed by atoms with Gasteiger partial charge in [0.25, 0.3) is 5.91 Å². The number of benzene rings is 1. The van der Waals surface area contributed by atoms with Crippen LogP contribution in [0.3, 0.4) is 0 Å². The Morgan fingerprint density at radius 1 is 1.26 bits per heavy atom. The van der Waals surface area contributed by atoms with Crippen molar-refractivity contribution in [3.8, 4) is 0 Å². The lowest BCUT2D eigenvalue weighted by Gasteiger charge is -2.25. The number of aryl methyl sites for hydroxylation is 1. The molecule has 1 amide bonds. The molecule has 1 aliphatic rings. The summed E-state index contributed by atoms with van der Waals surface area (Å²) in [5, 5.41) is 0.583. The molecule has 0 bridgehead atoms. The molecule has 0 saturated carbocycles. The van der Waals surface area contributed by atoms with Crippen LogP contribution in [0.2, 0.25) is 5.02 Å². The molecular formula is C18H22ClN3O4S. The molecule has 1 aliphatic heterocycles. The van der Waals surface area contributed by atoms with Crippen molar-refractivity contribution in [1.82, 2.24) is 13.8 Å². The Kier molecular flexibility index (Phi) is 5.90. The number of morpholine rings is 1. The molecule has 9 heteroatoms. The first kappa shape index (κ1) is 19.9. The van der Waals surface area contributed by atoms with Crippen molar-refractivity contribution in [2.75, 3.05) is 33.4 Å². The van der Waals surface area contributed by atoms with Crippen molar-refractivity contribution in [2.24, 2.45) is 7.05 Å². The van der Waals surface area contributed by atoms with Crippen LogP contribution in [0.4, 0.5) is 0 Å². The Morgan fingerprint density at radius 3 is 2.59 bits per heavy atom. The van der Waals surface area contributed by atoms with E-state index in [1.165, 1.54) is 21.5 Å². The number of carbonyl (C=O) groups is 1. The second kappa shape index (κ2) is 8.02. The highest BCUT2D eigenvalue weighted by Gasteiger charge is 2.29. The lowest BCUT2D eigenvalue weighted by Crippen LogP contribution is -2.40. The van der Waals surface area contributed by atoms with Gasteiger partial charge in [0.2, 0.25) is 10.0 Å². The van der Waals surface area contributed by atoms with Gasteiger partial charge in [-0.2, -0.15) is 4.31 Å². The van der Waals surface area contributed by atoms with Crippen LogP contribution in [0.25, 0.3) is 0 Å². The summed E-state index contributed by atoms with van der Waals surface area (Å²) in [5.41, 5.74) is 1.13. The summed E-state index contributed by atoms with van der Waals surface area (Å²) in [6.07, 6.45) is 1.47. The highest BCUT2D eigenvalue weighted by Crippen LogP contribution is 2.22. The molecule has 1 fully saturated rings. The molecule has 0 N–H and O–H groups in total. The van der Waals surface area contributed by atoms with Crippen LogP contribution in [0, 0.1) is 0 Å². The molecule has 27 heavy (non-hydrogen) atoms. The quantitative estimate of drug-likeness (QED) is 0.754. The van der Waals surface area contributed by atoms with Gasteiger partial charge in [0, 0.05) is 44.9 Å². The zero-order valence-corrected chi connectivity index (χ0v) is 16.8. The van der Waals surface area contributed by atoms with Gasteiger partial charge in [0.05, 0.1) is 13.2 Å². The van der Waals surface area contributed by atoms with Gasteiger partial charge in [-0.05, 0) is 17.7 Å². The maximum Gasteiger partial charge on any atom is 0.270 e. The predicted molar refractivity (Wildman–Crippen MR) is 102 cm³/mol. The molecule has 0 unspecified atom stereocenters. The standard InChI is InChI=1S/C18H22ClN3O4S/c1-20-13-15(27(24,25)22-7-9-26-10-8-22)11-17(20)18(23)21(2)12-14-5-3-4-6-16(14)19/h3-6,11,13H,7-10,12H2,1-2H3. The number of hydrogen-bond acceptors (Lipinski definition) is 4. The zero-order chi connectivity index (χ0) is 19.6. The lowest BCUT2D eigenvalue weighted by molar-refractivity contribution is 0.0730. The molecule has 3 rings (SSSR count). The number of aromatic nitrogens is 1. The average Bonchev–Trinajstić information content (AvgIpc) is 3.06. The molecular weight excluding hydrogens is 390 g/mol. The van der Waals surface area contributed by atoms with E-state index in [0.29, 0.717) is 43.6 Å². The van der Waals surface area contributed by atoms with E-state index in [1.54, 1.807) is 24.7 Å². The molecule has 2 aromatic rings. The van der Waals surface area contributed by atoms with Crippen molar-refractivity contribution in [2.45, 2.75) is 11.4 Å². The summed E-state index contributed by atoms with van der Waals surface area (Å²) in [4.78, 5) is 14.5. The Balaban J connectivity index is 1.81. The first-order valence-corrected chi connectivity index (χ1v) is 10.4. The van der Waals surface area contributed by atoms with Crippen molar-refractivity contribution in [3.05, 3.63) is 52.8 Å². The van der Waals surface area contributed by atoms with Gasteiger partial charge in [-0.25, -0.2) is 8.42 Å². The number of rotatable bonds is 5. The third kappa shape index (κ3) is 4.19. The number of ether oxygens (including phenoxy) is 1. The summed E-state index contributed by atoms with van der Waals surface area (Å²) in [5.74, 6) is -0.277. The fourth-order valence-electron chi connectivity index (χ4n) is 2.97. The monoisotopic (exact) mass is 411 g/mol. The number of amides is 1. The molecule has 0 radical (unpaired) electrons. The van der Waals surface area contributed by atoms with E-state index >= 15 is 0 Å². The topological polar surface area (TPSA) is 71.8 Å². The fourth-order valence-corrected chi connectivity index (χ4v) is 4.65. The smallest absolute Gasteiger partial charge is 0.270 e. The third-order valence-corrected chi connectivity index (χ3v) is 6.75. The minimum absolute atomic E-state index is 0.112. The van der Waals surface area contributed by atoms with Crippen molar-refractivity contribution in [1.29, 1.82) is 0 Å². The Labute approximate surface area is 164 Å². The number of nitrogens with zero attached hydrogens (tertiary/aromatic N) is 3. The Morgan fingerprint density at radius 2 is 1.93 bits per heavy atom. The molecule has 0 atom stereocenters. The SMILES string of the molecule is CN(Cc1ccccc1Cl)C(=O)c1cc(S(=O)(=O)N2CCOCC2)cn1C. The van der Waals surface area contributed by atoms with Crippen LogP contribution in [-0.2, 0) is 28.4 Å². The van der Waals surface area contributed by atoms with Crippen molar-refractivity contribution in [3.63, 3.8) is 0 Å². The molecule has 1 saturated heterocycles. The van der Waals surface area contributed by atoms with E-state index in [9.17, 15) is 13.2 Å². The molecule has 7 nitrogen and oxygen atoms in total. The van der Waals surface area contributed by atoms with Gasteiger partial charge < -0.3 is 14.2 Å². The first-order chi connectivity index (χ1) is 12.8. The summed E-state index contributed by atoms with van der Waals surface area (Å²) in [6, 6.07) is 8.73. The van der Waals surface area contributed by atoms with E-state index in [0.717, 1.165) is 5.56 Å². The maximum absolute atomic E-state index is 12.8. The number of carbonyl (C=O) groups excluding carboxylic acids is 1. The Hall–Kier alpha value is -1.87. The zero-order valence-electron chi connectivity index (χ0n) is 15.3. The number of halogens is 1. The van der Waals surface area contributed by atoms with Crippen LogP contribution < -0.4 is 0 Å². The van der Waals surface area contributed by atoms with E-state index < -0.39 is 10.0 Å². The molecule has 1 aromatic carbocycles.